The number of rotatable bonds is 3. The Morgan fingerprint density at radius 2 is 1.65 bits per heavy atom. The normalized spacial score (nSPS) is 32.0. The zero-order valence-electron chi connectivity index (χ0n) is 12.3. The van der Waals surface area contributed by atoms with Crippen LogP contribution >= 0.6 is 0 Å². The van der Waals surface area contributed by atoms with Gasteiger partial charge in [-0.2, -0.15) is 0 Å². The van der Waals surface area contributed by atoms with Crippen LogP contribution in [0.3, 0.4) is 0 Å². The summed E-state index contributed by atoms with van der Waals surface area (Å²) in [7, 11) is 0. The fourth-order valence-electron chi connectivity index (χ4n) is 3.99. The SMILES string of the molecule is NC1CCCCN(C2CC2)C1c1ccccc1C1CC1. The molecule has 108 valence electrons. The van der Waals surface area contributed by atoms with E-state index >= 15 is 0 Å². The van der Waals surface area contributed by atoms with E-state index < -0.39 is 0 Å². The van der Waals surface area contributed by atoms with Crippen molar-refractivity contribution in [2.24, 2.45) is 5.73 Å². The van der Waals surface area contributed by atoms with Gasteiger partial charge in [0.2, 0.25) is 0 Å². The molecule has 3 aliphatic rings. The molecule has 1 aromatic rings. The number of benzene rings is 1. The Morgan fingerprint density at radius 1 is 0.900 bits per heavy atom. The molecule has 2 nitrogen and oxygen atoms in total. The maximum absolute atomic E-state index is 6.61. The van der Waals surface area contributed by atoms with Crippen LogP contribution in [0, 0.1) is 0 Å². The Labute approximate surface area is 122 Å². The molecule has 1 aliphatic heterocycles. The van der Waals surface area contributed by atoms with Crippen LogP contribution < -0.4 is 5.73 Å². The Bertz CT molecular complexity index is 476. The Kier molecular flexibility index (Phi) is 3.31. The molecule has 2 aliphatic carbocycles. The second kappa shape index (κ2) is 5.16. The first-order chi connectivity index (χ1) is 9.84. The van der Waals surface area contributed by atoms with Crippen molar-refractivity contribution >= 4 is 0 Å². The highest BCUT2D eigenvalue weighted by atomic mass is 15.2. The summed E-state index contributed by atoms with van der Waals surface area (Å²) < 4.78 is 0. The Balaban J connectivity index is 1.72. The van der Waals surface area contributed by atoms with Crippen molar-refractivity contribution in [3.8, 4) is 0 Å². The smallest absolute Gasteiger partial charge is 0.0504 e. The van der Waals surface area contributed by atoms with Crippen molar-refractivity contribution in [3.63, 3.8) is 0 Å². The molecule has 2 N–H and O–H groups in total. The average Bonchev–Trinajstić information content (AvgIpc) is 3.30. The van der Waals surface area contributed by atoms with Gasteiger partial charge in [0.25, 0.3) is 0 Å². The number of nitrogens with two attached hydrogens (primary N) is 1. The van der Waals surface area contributed by atoms with Crippen molar-refractivity contribution in [3.05, 3.63) is 35.4 Å². The molecular formula is C18H26N2. The lowest BCUT2D eigenvalue weighted by Gasteiger charge is -2.35. The van der Waals surface area contributed by atoms with Crippen molar-refractivity contribution in [2.45, 2.75) is 69.0 Å². The van der Waals surface area contributed by atoms with Crippen molar-refractivity contribution < 1.29 is 0 Å². The summed E-state index contributed by atoms with van der Waals surface area (Å²) in [6.45, 7) is 1.25. The monoisotopic (exact) mass is 270 g/mol. The van der Waals surface area contributed by atoms with E-state index in [4.69, 9.17) is 5.73 Å². The van der Waals surface area contributed by atoms with Gasteiger partial charge in [-0.05, 0) is 62.1 Å². The van der Waals surface area contributed by atoms with E-state index in [2.05, 4.69) is 29.2 Å². The molecule has 0 aromatic heterocycles. The minimum Gasteiger partial charge on any atom is -0.326 e. The predicted octanol–water partition coefficient (Wildman–Crippen LogP) is 3.58. The first-order valence-corrected chi connectivity index (χ1v) is 8.45. The standard InChI is InChI=1S/C18H26N2/c19-17-7-3-4-12-20(14-10-11-14)18(17)16-6-2-1-5-15(16)13-8-9-13/h1-2,5-6,13-14,17-18H,3-4,7-12,19H2. The zero-order chi connectivity index (χ0) is 13.5. The molecule has 2 unspecified atom stereocenters. The molecule has 1 saturated heterocycles. The summed E-state index contributed by atoms with van der Waals surface area (Å²) in [5, 5.41) is 0. The molecule has 3 fully saturated rings. The van der Waals surface area contributed by atoms with Gasteiger partial charge in [0.05, 0.1) is 6.04 Å². The van der Waals surface area contributed by atoms with Gasteiger partial charge in [-0.3, -0.25) is 4.90 Å². The molecule has 2 atom stereocenters. The number of likely N-dealkylation sites (tertiary alicyclic amines) is 1. The summed E-state index contributed by atoms with van der Waals surface area (Å²) in [6, 6.07) is 10.7. The third-order valence-electron chi connectivity index (χ3n) is 5.31. The first kappa shape index (κ1) is 12.8. The van der Waals surface area contributed by atoms with Crippen LogP contribution in [0.25, 0.3) is 0 Å². The van der Waals surface area contributed by atoms with E-state index in [9.17, 15) is 0 Å². The first-order valence-electron chi connectivity index (χ1n) is 8.45. The van der Waals surface area contributed by atoms with Crippen LogP contribution in [-0.2, 0) is 0 Å². The van der Waals surface area contributed by atoms with Gasteiger partial charge in [-0.25, -0.2) is 0 Å². The van der Waals surface area contributed by atoms with E-state index in [-0.39, 0.29) is 0 Å². The molecule has 0 spiro atoms. The fraction of sp³-hybridized carbons (Fsp3) is 0.667. The molecule has 20 heavy (non-hydrogen) atoms. The summed E-state index contributed by atoms with van der Waals surface area (Å²) in [6.07, 6.45) is 9.33. The van der Waals surface area contributed by atoms with Crippen LogP contribution in [-0.4, -0.2) is 23.5 Å². The van der Waals surface area contributed by atoms with Crippen LogP contribution in [0.4, 0.5) is 0 Å². The molecule has 0 amide bonds. The number of nitrogens with zero attached hydrogens (tertiary/aromatic N) is 1. The summed E-state index contributed by atoms with van der Waals surface area (Å²) in [5.74, 6) is 0.822. The maximum Gasteiger partial charge on any atom is 0.0504 e. The predicted molar refractivity (Wildman–Crippen MR) is 82.7 cm³/mol. The maximum atomic E-state index is 6.61. The number of hydrogen-bond donors (Lipinski definition) is 1. The van der Waals surface area contributed by atoms with E-state index in [0.717, 1.165) is 12.0 Å². The Morgan fingerprint density at radius 3 is 2.35 bits per heavy atom. The highest BCUT2D eigenvalue weighted by Crippen LogP contribution is 2.46. The van der Waals surface area contributed by atoms with Crippen molar-refractivity contribution in [2.75, 3.05) is 6.54 Å². The van der Waals surface area contributed by atoms with E-state index in [1.54, 1.807) is 11.1 Å². The van der Waals surface area contributed by atoms with Crippen LogP contribution in [0.1, 0.15) is 68.0 Å². The second-order valence-corrected chi connectivity index (χ2v) is 6.98. The quantitative estimate of drug-likeness (QED) is 0.909. The van der Waals surface area contributed by atoms with Gasteiger partial charge in [0.1, 0.15) is 0 Å². The topological polar surface area (TPSA) is 29.3 Å². The molecule has 1 aromatic carbocycles. The molecular weight excluding hydrogens is 244 g/mol. The van der Waals surface area contributed by atoms with Gasteiger partial charge in [-0.15, -0.1) is 0 Å². The van der Waals surface area contributed by atoms with E-state index in [1.165, 1.54) is 51.5 Å². The largest absolute Gasteiger partial charge is 0.326 e. The highest BCUT2D eigenvalue weighted by molar-refractivity contribution is 5.37. The molecule has 4 rings (SSSR count). The molecule has 0 radical (unpaired) electrons. The summed E-state index contributed by atoms with van der Waals surface area (Å²) in [4.78, 5) is 2.75. The minimum absolute atomic E-state index is 0.318. The highest BCUT2D eigenvalue weighted by Gasteiger charge is 2.40. The molecule has 2 saturated carbocycles. The third kappa shape index (κ3) is 2.40. The van der Waals surface area contributed by atoms with E-state index in [1.807, 2.05) is 0 Å². The fourth-order valence-corrected chi connectivity index (χ4v) is 3.99. The van der Waals surface area contributed by atoms with Gasteiger partial charge in [-0.1, -0.05) is 30.7 Å². The summed E-state index contributed by atoms with van der Waals surface area (Å²) >= 11 is 0. The lowest BCUT2D eigenvalue weighted by Crippen LogP contribution is -2.41. The molecule has 0 bridgehead atoms. The van der Waals surface area contributed by atoms with Gasteiger partial charge >= 0.3 is 0 Å². The average molecular weight is 270 g/mol. The van der Waals surface area contributed by atoms with Crippen LogP contribution in [0.2, 0.25) is 0 Å². The molecule has 1 heterocycles. The van der Waals surface area contributed by atoms with E-state index in [0.29, 0.717) is 12.1 Å². The lowest BCUT2D eigenvalue weighted by atomic mass is 9.90. The third-order valence-corrected chi connectivity index (χ3v) is 5.31. The second-order valence-electron chi connectivity index (χ2n) is 6.98. The van der Waals surface area contributed by atoms with Crippen LogP contribution in [0.5, 0.6) is 0 Å². The molecule has 2 heteroatoms. The Hall–Kier alpha value is -0.860. The number of hydrogen-bond acceptors (Lipinski definition) is 2. The van der Waals surface area contributed by atoms with Gasteiger partial charge in [0.15, 0.2) is 0 Å². The summed E-state index contributed by atoms with van der Waals surface area (Å²) in [5.41, 5.74) is 9.76. The zero-order valence-corrected chi connectivity index (χ0v) is 12.3. The van der Waals surface area contributed by atoms with Crippen molar-refractivity contribution in [1.82, 2.24) is 4.90 Å². The van der Waals surface area contributed by atoms with Gasteiger partial charge in [0, 0.05) is 12.1 Å². The van der Waals surface area contributed by atoms with Crippen molar-refractivity contribution in [1.29, 1.82) is 0 Å². The lowest BCUT2D eigenvalue weighted by molar-refractivity contribution is 0.175. The van der Waals surface area contributed by atoms with Gasteiger partial charge < -0.3 is 5.73 Å². The van der Waals surface area contributed by atoms with Crippen LogP contribution in [0.15, 0.2) is 24.3 Å². The minimum atomic E-state index is 0.318.